The van der Waals surface area contributed by atoms with E-state index in [1.807, 2.05) is 14.0 Å². The van der Waals surface area contributed by atoms with Crippen molar-refractivity contribution < 1.29 is 10.2 Å². The van der Waals surface area contributed by atoms with Crippen LogP contribution in [-0.4, -0.2) is 40.0 Å². The molecule has 154 valence electrons. The zero-order chi connectivity index (χ0) is 20.5. The summed E-state index contributed by atoms with van der Waals surface area (Å²) in [6.45, 7) is 5.67. The van der Waals surface area contributed by atoms with Crippen molar-refractivity contribution in [2.24, 2.45) is 0 Å². The van der Waals surface area contributed by atoms with E-state index in [0.717, 1.165) is 31.5 Å². The summed E-state index contributed by atoms with van der Waals surface area (Å²) in [5, 5.41) is 18.0. The summed E-state index contributed by atoms with van der Waals surface area (Å²) in [5.74, 6) is 0.670. The number of unbranched alkanes of at least 4 members (excludes halogenated alkanes) is 2. The second-order valence-corrected chi connectivity index (χ2v) is 7.73. The number of benzene rings is 1. The maximum absolute atomic E-state index is 8.98. The molecule has 1 heterocycles. The normalized spacial score (nSPS) is 11.5. The van der Waals surface area contributed by atoms with Crippen molar-refractivity contribution in [2.45, 2.75) is 65.2 Å². The van der Waals surface area contributed by atoms with Crippen molar-refractivity contribution >= 4 is 5.82 Å². The van der Waals surface area contributed by atoms with Crippen LogP contribution in [0.1, 0.15) is 60.6 Å². The molecular formula is C23H35N3O2. The molecule has 0 spiro atoms. The molecule has 5 heteroatoms. The molecule has 0 bridgehead atoms. The van der Waals surface area contributed by atoms with Crippen LogP contribution in [0.3, 0.4) is 0 Å². The summed E-state index contributed by atoms with van der Waals surface area (Å²) in [6, 6.07) is 10.8. The van der Waals surface area contributed by atoms with E-state index in [-0.39, 0.29) is 0 Å². The summed E-state index contributed by atoms with van der Waals surface area (Å²) in [4.78, 5) is 6.66. The Kier molecular flexibility index (Phi) is 8.90. The first kappa shape index (κ1) is 22.3. The van der Waals surface area contributed by atoms with Gasteiger partial charge in [-0.25, -0.2) is 4.98 Å². The lowest BCUT2D eigenvalue weighted by Gasteiger charge is -2.17. The summed E-state index contributed by atoms with van der Waals surface area (Å²) in [6.07, 6.45) is 4.54. The molecule has 0 aliphatic heterocycles. The van der Waals surface area contributed by atoms with Gasteiger partial charge in [-0.05, 0) is 55.5 Å². The molecule has 2 aromatic rings. The lowest BCUT2D eigenvalue weighted by atomic mass is 9.99. The van der Waals surface area contributed by atoms with E-state index in [4.69, 9.17) is 15.9 Å². The average molecular weight is 386 g/mol. The van der Waals surface area contributed by atoms with Gasteiger partial charge in [-0.2, -0.15) is 0 Å². The van der Waals surface area contributed by atoms with Crippen molar-refractivity contribution in [1.29, 1.82) is 0 Å². The molecule has 4 N–H and O–H groups in total. The molecule has 1 aromatic carbocycles. The Balaban J connectivity index is 2.00. The highest BCUT2D eigenvalue weighted by atomic mass is 16.5. The lowest BCUT2D eigenvalue weighted by molar-refractivity contribution is -0.0495. The number of pyridine rings is 1. The fourth-order valence-electron chi connectivity index (χ4n) is 3.37. The second-order valence-electron chi connectivity index (χ2n) is 7.73. The van der Waals surface area contributed by atoms with Crippen LogP contribution in [0.2, 0.25) is 0 Å². The third-order valence-electron chi connectivity index (χ3n) is 5.12. The van der Waals surface area contributed by atoms with Crippen molar-refractivity contribution in [3.63, 3.8) is 0 Å². The van der Waals surface area contributed by atoms with Gasteiger partial charge < -0.3 is 20.8 Å². The number of anilines is 1. The number of aromatic nitrogens is 1. The summed E-state index contributed by atoms with van der Waals surface area (Å²) < 4.78 is 0. The van der Waals surface area contributed by atoms with E-state index in [0.29, 0.717) is 18.8 Å². The van der Waals surface area contributed by atoms with Crippen LogP contribution in [0.25, 0.3) is 0 Å². The lowest BCUT2D eigenvalue weighted by Crippen LogP contribution is -2.22. The molecule has 0 aliphatic rings. The van der Waals surface area contributed by atoms with Crippen molar-refractivity contribution in [2.75, 3.05) is 19.3 Å². The van der Waals surface area contributed by atoms with Gasteiger partial charge in [0.05, 0.1) is 0 Å². The highest BCUT2D eigenvalue weighted by Crippen LogP contribution is 2.21. The van der Waals surface area contributed by atoms with Crippen molar-refractivity contribution in [3.05, 3.63) is 58.3 Å². The van der Waals surface area contributed by atoms with Crippen molar-refractivity contribution in [1.82, 2.24) is 9.88 Å². The van der Waals surface area contributed by atoms with Crippen LogP contribution < -0.4 is 5.73 Å². The number of rotatable bonds is 11. The summed E-state index contributed by atoms with van der Waals surface area (Å²) in [5.41, 5.74) is 12.0. The van der Waals surface area contributed by atoms with Crippen molar-refractivity contribution in [3.8, 4) is 0 Å². The standard InChI is InChI=1S/C23H35N3O2/c1-4-5-6-7-20-15-21(17(2)25-23(20)24)14-18-8-10-19(11-9-18)16-26(3)13-12-22(27)28/h8-11,15,22,27-28H,4-7,12-14,16H2,1-3H3,(H2,24,25). The SMILES string of the molecule is CCCCCc1cc(Cc2ccc(CN(C)CCC(O)O)cc2)c(C)nc1N. The zero-order valence-corrected chi connectivity index (χ0v) is 17.5. The fourth-order valence-corrected chi connectivity index (χ4v) is 3.37. The van der Waals surface area contributed by atoms with Gasteiger partial charge >= 0.3 is 0 Å². The number of nitrogens with zero attached hydrogens (tertiary/aromatic N) is 2. The molecule has 0 amide bonds. The minimum Gasteiger partial charge on any atom is -0.383 e. The van der Waals surface area contributed by atoms with Gasteiger partial charge in [0.2, 0.25) is 0 Å². The van der Waals surface area contributed by atoms with Gasteiger partial charge in [-0.3, -0.25) is 0 Å². The molecule has 28 heavy (non-hydrogen) atoms. The number of hydrogen-bond donors (Lipinski definition) is 3. The molecule has 5 nitrogen and oxygen atoms in total. The minimum atomic E-state index is -1.24. The largest absolute Gasteiger partial charge is 0.383 e. The number of aliphatic hydroxyl groups is 2. The van der Waals surface area contributed by atoms with Gasteiger partial charge in [0.25, 0.3) is 0 Å². The number of nitrogen functional groups attached to an aromatic ring is 1. The van der Waals surface area contributed by atoms with E-state index < -0.39 is 6.29 Å². The van der Waals surface area contributed by atoms with Crippen LogP contribution in [0.15, 0.2) is 30.3 Å². The zero-order valence-electron chi connectivity index (χ0n) is 17.5. The van der Waals surface area contributed by atoms with E-state index in [1.165, 1.54) is 35.1 Å². The maximum Gasteiger partial charge on any atom is 0.152 e. The highest BCUT2D eigenvalue weighted by molar-refractivity contribution is 5.45. The molecule has 0 saturated carbocycles. The molecule has 1 aromatic heterocycles. The minimum absolute atomic E-state index is 0.360. The highest BCUT2D eigenvalue weighted by Gasteiger charge is 2.09. The van der Waals surface area contributed by atoms with Crippen LogP contribution >= 0.6 is 0 Å². The van der Waals surface area contributed by atoms with Gasteiger partial charge in [0, 0.05) is 25.2 Å². The number of aryl methyl sites for hydroxylation is 2. The quantitative estimate of drug-likeness (QED) is 0.408. The Hall–Kier alpha value is -1.95. The smallest absolute Gasteiger partial charge is 0.152 e. The van der Waals surface area contributed by atoms with Gasteiger partial charge in [-0.15, -0.1) is 0 Å². The molecule has 0 fully saturated rings. The topological polar surface area (TPSA) is 82.6 Å². The Bertz CT molecular complexity index is 729. The monoisotopic (exact) mass is 385 g/mol. The summed E-state index contributed by atoms with van der Waals surface area (Å²) in [7, 11) is 1.99. The number of aliphatic hydroxyl groups excluding tert-OH is 1. The van der Waals surface area contributed by atoms with E-state index in [2.05, 4.69) is 47.1 Å². The average Bonchev–Trinajstić information content (AvgIpc) is 2.65. The molecule has 0 radical (unpaired) electrons. The molecule has 0 saturated heterocycles. The molecule has 0 unspecified atom stereocenters. The fraction of sp³-hybridized carbons (Fsp3) is 0.522. The molecule has 2 rings (SSSR count). The maximum atomic E-state index is 8.98. The van der Waals surface area contributed by atoms with Gasteiger partial charge in [0.1, 0.15) is 5.82 Å². The summed E-state index contributed by atoms with van der Waals surface area (Å²) >= 11 is 0. The van der Waals surface area contributed by atoms with E-state index >= 15 is 0 Å². The Morgan fingerprint density at radius 2 is 1.75 bits per heavy atom. The predicted molar refractivity (Wildman–Crippen MR) is 115 cm³/mol. The first-order valence-corrected chi connectivity index (χ1v) is 10.3. The first-order valence-electron chi connectivity index (χ1n) is 10.3. The van der Waals surface area contributed by atoms with E-state index in [1.54, 1.807) is 0 Å². The number of hydrogen-bond acceptors (Lipinski definition) is 5. The van der Waals surface area contributed by atoms with Crippen LogP contribution in [0, 0.1) is 6.92 Å². The van der Waals surface area contributed by atoms with E-state index in [9.17, 15) is 0 Å². The van der Waals surface area contributed by atoms with Gasteiger partial charge in [-0.1, -0.05) is 50.1 Å². The number of nitrogens with two attached hydrogens (primary N) is 1. The van der Waals surface area contributed by atoms with Crippen LogP contribution in [0.4, 0.5) is 5.82 Å². The predicted octanol–water partition coefficient (Wildman–Crippen LogP) is 3.43. The Morgan fingerprint density at radius 3 is 2.39 bits per heavy atom. The third kappa shape index (κ3) is 7.23. The molecule has 0 atom stereocenters. The van der Waals surface area contributed by atoms with Crippen LogP contribution in [0.5, 0.6) is 0 Å². The first-order chi connectivity index (χ1) is 13.4. The Morgan fingerprint density at radius 1 is 1.07 bits per heavy atom. The third-order valence-corrected chi connectivity index (χ3v) is 5.12. The second kappa shape index (κ2) is 11.1. The molecular weight excluding hydrogens is 350 g/mol. The Labute approximate surface area is 169 Å². The molecule has 0 aliphatic carbocycles. The van der Waals surface area contributed by atoms with Crippen LogP contribution in [-0.2, 0) is 19.4 Å². The van der Waals surface area contributed by atoms with Gasteiger partial charge in [0.15, 0.2) is 6.29 Å².